The molecule has 0 saturated carbocycles. The molecule has 0 bridgehead atoms. The molecule has 90 valence electrons. The van der Waals surface area contributed by atoms with Gasteiger partial charge in [-0.3, -0.25) is 4.98 Å². The predicted octanol–water partition coefficient (Wildman–Crippen LogP) is 2.20. The molecule has 0 aliphatic heterocycles. The Balaban J connectivity index is 2.59. The lowest BCUT2D eigenvalue weighted by atomic mass is 10.3. The van der Waals surface area contributed by atoms with Gasteiger partial charge in [-0.15, -0.1) is 0 Å². The lowest BCUT2D eigenvalue weighted by Crippen LogP contribution is -2.08. The highest BCUT2D eigenvalue weighted by Crippen LogP contribution is 2.28. The van der Waals surface area contributed by atoms with Crippen LogP contribution in [0.5, 0.6) is 11.5 Å². The van der Waals surface area contributed by atoms with Crippen molar-refractivity contribution in [1.29, 1.82) is 0 Å². The maximum Gasteiger partial charge on any atom is 0.182 e. The molecule has 0 unspecified atom stereocenters. The molecular formula is C12H19NO3. The fourth-order valence-corrected chi connectivity index (χ4v) is 1.32. The molecule has 16 heavy (non-hydrogen) atoms. The van der Waals surface area contributed by atoms with Crippen molar-refractivity contribution in [3.63, 3.8) is 0 Å². The predicted molar refractivity (Wildman–Crippen MR) is 62.1 cm³/mol. The van der Waals surface area contributed by atoms with Gasteiger partial charge >= 0.3 is 0 Å². The summed E-state index contributed by atoms with van der Waals surface area (Å²) < 4.78 is 16.3. The standard InChI is InChI=1S/C12H19NO3/c1-4-14-8-9-16-11-6-7-13-10(3)12(11)15-5-2/h6-7H,4-5,8-9H2,1-3H3. The second-order valence-electron chi connectivity index (χ2n) is 3.20. The van der Waals surface area contributed by atoms with E-state index in [1.165, 1.54) is 0 Å². The summed E-state index contributed by atoms with van der Waals surface area (Å²) in [5.41, 5.74) is 0.843. The molecule has 4 nitrogen and oxygen atoms in total. The topological polar surface area (TPSA) is 40.6 Å². The van der Waals surface area contributed by atoms with E-state index >= 15 is 0 Å². The van der Waals surface area contributed by atoms with Crippen molar-refractivity contribution in [2.45, 2.75) is 20.8 Å². The SMILES string of the molecule is CCOCCOc1ccnc(C)c1OCC. The van der Waals surface area contributed by atoms with Crippen molar-refractivity contribution in [1.82, 2.24) is 4.98 Å². The Bertz CT molecular complexity index is 315. The molecule has 0 fully saturated rings. The highest BCUT2D eigenvalue weighted by atomic mass is 16.5. The van der Waals surface area contributed by atoms with Gasteiger partial charge in [0.05, 0.1) is 18.9 Å². The summed E-state index contributed by atoms with van der Waals surface area (Å²) in [6.45, 7) is 8.23. The van der Waals surface area contributed by atoms with Gasteiger partial charge < -0.3 is 14.2 Å². The highest BCUT2D eigenvalue weighted by Gasteiger charge is 2.08. The minimum atomic E-state index is 0.525. The fraction of sp³-hybridized carbons (Fsp3) is 0.583. The van der Waals surface area contributed by atoms with E-state index in [1.807, 2.05) is 26.8 Å². The van der Waals surface area contributed by atoms with Crippen LogP contribution < -0.4 is 9.47 Å². The van der Waals surface area contributed by atoms with E-state index in [1.54, 1.807) is 6.20 Å². The summed E-state index contributed by atoms with van der Waals surface area (Å²) in [5.74, 6) is 1.45. The fourth-order valence-electron chi connectivity index (χ4n) is 1.32. The van der Waals surface area contributed by atoms with Crippen LogP contribution in [0.4, 0.5) is 0 Å². The Morgan fingerprint density at radius 2 is 1.94 bits per heavy atom. The average Bonchev–Trinajstić information content (AvgIpc) is 2.29. The van der Waals surface area contributed by atoms with Gasteiger partial charge in [0, 0.05) is 18.9 Å². The van der Waals surface area contributed by atoms with Crippen LogP contribution in [0, 0.1) is 6.92 Å². The monoisotopic (exact) mass is 225 g/mol. The molecular weight excluding hydrogens is 206 g/mol. The molecule has 0 aliphatic carbocycles. The third-order valence-corrected chi connectivity index (χ3v) is 2.02. The number of hydrogen-bond donors (Lipinski definition) is 0. The molecule has 0 aliphatic rings. The van der Waals surface area contributed by atoms with Crippen LogP contribution in [-0.2, 0) is 4.74 Å². The first-order valence-corrected chi connectivity index (χ1v) is 5.58. The normalized spacial score (nSPS) is 10.2. The molecule has 0 atom stereocenters. The lowest BCUT2D eigenvalue weighted by Gasteiger charge is -2.13. The van der Waals surface area contributed by atoms with Crippen molar-refractivity contribution in [3.8, 4) is 11.5 Å². The van der Waals surface area contributed by atoms with Crippen LogP contribution in [0.1, 0.15) is 19.5 Å². The number of pyridine rings is 1. The van der Waals surface area contributed by atoms with Crippen LogP contribution in [-0.4, -0.2) is 31.4 Å². The molecule has 0 amide bonds. The number of hydrogen-bond acceptors (Lipinski definition) is 4. The van der Waals surface area contributed by atoms with Gasteiger partial charge in [0.1, 0.15) is 6.61 Å². The summed E-state index contributed by atoms with van der Waals surface area (Å²) in [4.78, 5) is 4.17. The van der Waals surface area contributed by atoms with E-state index in [-0.39, 0.29) is 0 Å². The number of ether oxygens (including phenoxy) is 3. The Morgan fingerprint density at radius 1 is 1.12 bits per heavy atom. The molecule has 1 aromatic heterocycles. The molecule has 1 rings (SSSR count). The summed E-state index contributed by atoms with van der Waals surface area (Å²) in [7, 11) is 0. The summed E-state index contributed by atoms with van der Waals surface area (Å²) >= 11 is 0. The van der Waals surface area contributed by atoms with E-state index in [4.69, 9.17) is 14.2 Å². The number of nitrogens with zero attached hydrogens (tertiary/aromatic N) is 1. The van der Waals surface area contributed by atoms with Crippen LogP contribution in [0.3, 0.4) is 0 Å². The zero-order chi connectivity index (χ0) is 11.8. The van der Waals surface area contributed by atoms with Gasteiger partial charge in [0.25, 0.3) is 0 Å². The lowest BCUT2D eigenvalue weighted by molar-refractivity contribution is 0.108. The smallest absolute Gasteiger partial charge is 0.182 e. The summed E-state index contributed by atoms with van der Waals surface area (Å²) in [6.07, 6.45) is 1.72. The maximum atomic E-state index is 5.58. The Morgan fingerprint density at radius 3 is 2.62 bits per heavy atom. The van der Waals surface area contributed by atoms with Gasteiger partial charge in [0.15, 0.2) is 11.5 Å². The van der Waals surface area contributed by atoms with Gasteiger partial charge in [-0.1, -0.05) is 0 Å². The quantitative estimate of drug-likeness (QED) is 0.667. The van der Waals surface area contributed by atoms with Crippen molar-refractivity contribution in [3.05, 3.63) is 18.0 Å². The largest absolute Gasteiger partial charge is 0.488 e. The number of aryl methyl sites for hydroxylation is 1. The minimum absolute atomic E-state index is 0.525. The summed E-state index contributed by atoms with van der Waals surface area (Å²) in [5, 5.41) is 0. The molecule has 4 heteroatoms. The molecule has 0 aromatic carbocycles. The second kappa shape index (κ2) is 7.06. The highest BCUT2D eigenvalue weighted by molar-refractivity contribution is 5.41. The average molecular weight is 225 g/mol. The molecule has 0 spiro atoms. The molecule has 1 aromatic rings. The van der Waals surface area contributed by atoms with E-state index in [2.05, 4.69) is 4.98 Å². The first kappa shape index (κ1) is 12.8. The van der Waals surface area contributed by atoms with Gasteiger partial charge in [0.2, 0.25) is 0 Å². The molecule has 0 radical (unpaired) electrons. The first-order chi connectivity index (χ1) is 7.79. The van der Waals surface area contributed by atoms with Crippen LogP contribution in [0.2, 0.25) is 0 Å². The van der Waals surface area contributed by atoms with Gasteiger partial charge in [-0.05, 0) is 20.8 Å². The number of aromatic nitrogens is 1. The van der Waals surface area contributed by atoms with E-state index in [0.29, 0.717) is 26.4 Å². The van der Waals surface area contributed by atoms with E-state index < -0.39 is 0 Å². The Kier molecular flexibility index (Phi) is 5.64. The molecule has 0 N–H and O–H groups in total. The zero-order valence-electron chi connectivity index (χ0n) is 10.2. The zero-order valence-corrected chi connectivity index (χ0v) is 10.2. The van der Waals surface area contributed by atoms with Crippen molar-refractivity contribution in [2.75, 3.05) is 26.4 Å². The van der Waals surface area contributed by atoms with Crippen LogP contribution >= 0.6 is 0 Å². The van der Waals surface area contributed by atoms with Crippen LogP contribution in [0.15, 0.2) is 12.3 Å². The first-order valence-electron chi connectivity index (χ1n) is 5.58. The third kappa shape index (κ3) is 3.70. The van der Waals surface area contributed by atoms with E-state index in [9.17, 15) is 0 Å². The minimum Gasteiger partial charge on any atom is -0.488 e. The van der Waals surface area contributed by atoms with Crippen LogP contribution in [0.25, 0.3) is 0 Å². The number of rotatable bonds is 7. The molecule has 0 saturated heterocycles. The maximum absolute atomic E-state index is 5.58. The van der Waals surface area contributed by atoms with Gasteiger partial charge in [-0.25, -0.2) is 0 Å². The Hall–Kier alpha value is -1.29. The second-order valence-corrected chi connectivity index (χ2v) is 3.20. The van der Waals surface area contributed by atoms with Crippen molar-refractivity contribution in [2.24, 2.45) is 0 Å². The Labute approximate surface area is 96.5 Å². The van der Waals surface area contributed by atoms with E-state index in [0.717, 1.165) is 17.2 Å². The van der Waals surface area contributed by atoms with Gasteiger partial charge in [-0.2, -0.15) is 0 Å². The third-order valence-electron chi connectivity index (χ3n) is 2.02. The van der Waals surface area contributed by atoms with Crippen molar-refractivity contribution >= 4 is 0 Å². The molecule has 1 heterocycles. The van der Waals surface area contributed by atoms with Crippen molar-refractivity contribution < 1.29 is 14.2 Å². The summed E-state index contributed by atoms with van der Waals surface area (Å²) in [6, 6.07) is 1.81.